The Morgan fingerprint density at radius 3 is 2.76 bits per heavy atom. The molecule has 0 bridgehead atoms. The number of rotatable bonds is 2. The van der Waals surface area contributed by atoms with E-state index in [1.165, 1.54) is 0 Å². The van der Waals surface area contributed by atoms with Crippen LogP contribution in [0.5, 0.6) is 11.5 Å². The van der Waals surface area contributed by atoms with Crippen LogP contribution in [0.4, 0.5) is 0 Å². The molecule has 0 fully saturated rings. The predicted molar refractivity (Wildman–Crippen MR) is 59.4 cm³/mol. The van der Waals surface area contributed by atoms with Gasteiger partial charge in [-0.1, -0.05) is 0 Å². The number of hydrogen-bond donors (Lipinski definition) is 2. The van der Waals surface area contributed by atoms with Gasteiger partial charge in [-0.05, 0) is 11.6 Å². The van der Waals surface area contributed by atoms with Gasteiger partial charge in [0.15, 0.2) is 11.5 Å². The zero-order valence-corrected chi connectivity index (χ0v) is 9.23. The maximum absolute atomic E-state index is 11.0. The largest absolute Gasteiger partial charge is 0.489 e. The first kappa shape index (κ1) is 10.4. The highest BCUT2D eigenvalue weighted by Gasteiger charge is 2.31. The third-order valence-corrected chi connectivity index (χ3v) is 3.27. The molecule has 1 unspecified atom stereocenters. The summed E-state index contributed by atoms with van der Waals surface area (Å²) in [5.74, 6) is 0.462. The van der Waals surface area contributed by atoms with E-state index >= 15 is 0 Å². The van der Waals surface area contributed by atoms with Crippen molar-refractivity contribution >= 4 is 5.97 Å². The van der Waals surface area contributed by atoms with Crippen LogP contribution in [-0.4, -0.2) is 24.3 Å². The molecule has 3 rings (SSSR count). The standard InChI is InChI=1S/C12H13NO4/c13-9(12(14)15)8-5-6-1-3-16-10(6)11-7(8)2-4-17-11/h5,9H,1-4,13H2,(H,14,15). The molecule has 0 saturated heterocycles. The predicted octanol–water partition coefficient (Wildman–Crippen LogP) is 0.641. The summed E-state index contributed by atoms with van der Waals surface area (Å²) in [4.78, 5) is 11.0. The van der Waals surface area contributed by atoms with Crippen molar-refractivity contribution in [2.24, 2.45) is 5.73 Å². The zero-order valence-electron chi connectivity index (χ0n) is 9.23. The maximum Gasteiger partial charge on any atom is 0.325 e. The van der Waals surface area contributed by atoms with Gasteiger partial charge in [-0.15, -0.1) is 0 Å². The Bertz CT molecular complexity index is 498. The van der Waals surface area contributed by atoms with Crippen molar-refractivity contribution in [1.29, 1.82) is 0 Å². The van der Waals surface area contributed by atoms with Crippen LogP contribution in [0.2, 0.25) is 0 Å². The lowest BCUT2D eigenvalue weighted by atomic mass is 9.95. The van der Waals surface area contributed by atoms with Gasteiger partial charge in [-0.2, -0.15) is 0 Å². The highest BCUT2D eigenvalue weighted by atomic mass is 16.5. The lowest BCUT2D eigenvalue weighted by Gasteiger charge is -2.14. The maximum atomic E-state index is 11.0. The van der Waals surface area contributed by atoms with Gasteiger partial charge in [0.1, 0.15) is 6.04 Å². The molecular weight excluding hydrogens is 222 g/mol. The van der Waals surface area contributed by atoms with Gasteiger partial charge in [0.2, 0.25) is 0 Å². The Morgan fingerprint density at radius 1 is 1.29 bits per heavy atom. The summed E-state index contributed by atoms with van der Waals surface area (Å²) in [6, 6.07) is 0.866. The van der Waals surface area contributed by atoms with Crippen LogP contribution in [0, 0.1) is 0 Å². The van der Waals surface area contributed by atoms with Crippen LogP contribution >= 0.6 is 0 Å². The Morgan fingerprint density at radius 2 is 2.00 bits per heavy atom. The lowest BCUT2D eigenvalue weighted by molar-refractivity contribution is -0.138. The first-order valence-electron chi connectivity index (χ1n) is 5.61. The van der Waals surface area contributed by atoms with E-state index in [2.05, 4.69) is 0 Å². The first-order valence-corrected chi connectivity index (χ1v) is 5.61. The molecule has 1 atom stereocenters. The highest BCUT2D eigenvalue weighted by Crippen LogP contribution is 2.44. The monoisotopic (exact) mass is 235 g/mol. The molecule has 1 aromatic rings. The van der Waals surface area contributed by atoms with E-state index in [9.17, 15) is 4.79 Å². The van der Waals surface area contributed by atoms with Gasteiger partial charge in [0.05, 0.1) is 13.2 Å². The molecule has 0 radical (unpaired) electrons. The average Bonchev–Trinajstić information content (AvgIpc) is 2.93. The molecule has 2 aliphatic heterocycles. The second-order valence-corrected chi connectivity index (χ2v) is 4.27. The minimum absolute atomic E-state index is 0.564. The van der Waals surface area contributed by atoms with Crippen LogP contribution in [0.3, 0.4) is 0 Å². The second-order valence-electron chi connectivity index (χ2n) is 4.27. The Hall–Kier alpha value is -1.75. The van der Waals surface area contributed by atoms with Gasteiger partial charge in [-0.3, -0.25) is 4.79 Å². The third-order valence-electron chi connectivity index (χ3n) is 3.27. The fourth-order valence-corrected chi connectivity index (χ4v) is 2.44. The van der Waals surface area contributed by atoms with Crippen molar-refractivity contribution in [2.45, 2.75) is 18.9 Å². The first-order chi connectivity index (χ1) is 8.18. The third kappa shape index (κ3) is 1.46. The van der Waals surface area contributed by atoms with E-state index in [4.69, 9.17) is 20.3 Å². The SMILES string of the molecule is NC(C(=O)O)c1cc2c(c3c1CCO3)OCC2. The van der Waals surface area contributed by atoms with Gasteiger partial charge < -0.3 is 20.3 Å². The number of benzene rings is 1. The molecule has 0 spiro atoms. The smallest absolute Gasteiger partial charge is 0.325 e. The zero-order chi connectivity index (χ0) is 12.0. The van der Waals surface area contributed by atoms with Crippen LogP contribution in [0.15, 0.2) is 6.07 Å². The summed E-state index contributed by atoms with van der Waals surface area (Å²) in [7, 11) is 0. The molecule has 3 N–H and O–H groups in total. The fourth-order valence-electron chi connectivity index (χ4n) is 2.44. The van der Waals surface area contributed by atoms with Crippen molar-refractivity contribution in [1.82, 2.24) is 0 Å². The van der Waals surface area contributed by atoms with Crippen molar-refractivity contribution < 1.29 is 19.4 Å². The van der Waals surface area contributed by atoms with E-state index in [0.29, 0.717) is 30.9 Å². The van der Waals surface area contributed by atoms with Crippen LogP contribution < -0.4 is 15.2 Å². The average molecular weight is 235 g/mol. The molecule has 2 aliphatic rings. The van der Waals surface area contributed by atoms with Gasteiger partial charge in [0.25, 0.3) is 0 Å². The fraction of sp³-hybridized carbons (Fsp3) is 0.417. The lowest BCUT2D eigenvalue weighted by Crippen LogP contribution is -2.22. The molecule has 5 nitrogen and oxygen atoms in total. The molecule has 90 valence electrons. The topological polar surface area (TPSA) is 81.8 Å². The van der Waals surface area contributed by atoms with E-state index < -0.39 is 12.0 Å². The Labute approximate surface area is 98.1 Å². The number of nitrogens with two attached hydrogens (primary N) is 1. The molecule has 2 heterocycles. The summed E-state index contributed by atoms with van der Waals surface area (Å²) < 4.78 is 11.1. The van der Waals surface area contributed by atoms with Gasteiger partial charge in [0, 0.05) is 24.0 Å². The minimum atomic E-state index is -1.02. The number of carbonyl (C=O) groups is 1. The van der Waals surface area contributed by atoms with Crippen molar-refractivity contribution in [3.05, 3.63) is 22.8 Å². The van der Waals surface area contributed by atoms with E-state index in [1.54, 1.807) is 0 Å². The summed E-state index contributed by atoms with van der Waals surface area (Å²) >= 11 is 0. The number of fused-ring (bicyclic) bond motifs is 3. The molecule has 5 heteroatoms. The number of hydrogen-bond acceptors (Lipinski definition) is 4. The summed E-state index contributed by atoms with van der Waals surface area (Å²) in [6.45, 7) is 1.19. The highest BCUT2D eigenvalue weighted by molar-refractivity contribution is 5.77. The van der Waals surface area contributed by atoms with Crippen LogP contribution in [-0.2, 0) is 17.6 Å². The number of carboxylic acid groups (broad SMARTS) is 1. The number of aliphatic carboxylic acids is 1. The summed E-state index contributed by atoms with van der Waals surface area (Å²) in [5.41, 5.74) is 8.26. The quantitative estimate of drug-likeness (QED) is 0.786. The van der Waals surface area contributed by atoms with E-state index in [0.717, 1.165) is 23.3 Å². The Kier molecular flexibility index (Phi) is 2.22. The molecule has 1 aromatic carbocycles. The molecule has 17 heavy (non-hydrogen) atoms. The minimum Gasteiger partial charge on any atom is -0.489 e. The molecule has 0 amide bonds. The van der Waals surface area contributed by atoms with Crippen molar-refractivity contribution in [3.8, 4) is 11.5 Å². The summed E-state index contributed by atoms with van der Waals surface area (Å²) in [6.07, 6.45) is 1.48. The number of carboxylic acids is 1. The van der Waals surface area contributed by atoms with Gasteiger partial charge >= 0.3 is 5.97 Å². The summed E-state index contributed by atoms with van der Waals surface area (Å²) in [5, 5.41) is 9.02. The second kappa shape index (κ2) is 3.63. The Balaban J connectivity index is 2.17. The normalized spacial score (nSPS) is 17.9. The van der Waals surface area contributed by atoms with E-state index in [-0.39, 0.29) is 0 Å². The molecule has 0 saturated carbocycles. The molecular formula is C12H13NO4. The molecule has 0 aliphatic carbocycles. The van der Waals surface area contributed by atoms with Gasteiger partial charge in [-0.25, -0.2) is 0 Å². The number of ether oxygens (including phenoxy) is 2. The van der Waals surface area contributed by atoms with Crippen LogP contribution in [0.1, 0.15) is 22.7 Å². The van der Waals surface area contributed by atoms with Crippen molar-refractivity contribution in [2.75, 3.05) is 13.2 Å². The van der Waals surface area contributed by atoms with Crippen LogP contribution in [0.25, 0.3) is 0 Å². The van der Waals surface area contributed by atoms with Crippen molar-refractivity contribution in [3.63, 3.8) is 0 Å². The van der Waals surface area contributed by atoms with E-state index in [1.807, 2.05) is 6.07 Å². The molecule has 0 aromatic heterocycles.